The van der Waals surface area contributed by atoms with Crippen molar-refractivity contribution in [2.45, 2.75) is 26.4 Å². The molecule has 2 aromatic rings. The van der Waals surface area contributed by atoms with Gasteiger partial charge in [0.25, 0.3) is 0 Å². The van der Waals surface area contributed by atoms with E-state index < -0.39 is 0 Å². The maximum atomic E-state index is 12.0. The third-order valence-corrected chi connectivity index (χ3v) is 4.25. The van der Waals surface area contributed by atoms with Gasteiger partial charge in [0, 0.05) is 15.6 Å². The van der Waals surface area contributed by atoms with Crippen LogP contribution in [-0.4, -0.2) is 11.9 Å². The van der Waals surface area contributed by atoms with Gasteiger partial charge in [0.1, 0.15) is 6.04 Å². The van der Waals surface area contributed by atoms with Crippen LogP contribution in [0.2, 0.25) is 5.02 Å². The molecule has 0 fully saturated rings. The fourth-order valence-electron chi connectivity index (χ4n) is 1.74. The minimum atomic E-state index is -0.311. The zero-order valence-electron chi connectivity index (χ0n) is 11.4. The van der Waals surface area contributed by atoms with Gasteiger partial charge in [-0.3, -0.25) is 4.79 Å². The minimum absolute atomic E-state index is 0.0323. The van der Waals surface area contributed by atoms with Crippen LogP contribution in [0.5, 0.6) is 0 Å². The molecule has 3 nitrogen and oxygen atoms in total. The molecule has 0 spiro atoms. The summed E-state index contributed by atoms with van der Waals surface area (Å²) < 4.78 is 0. The van der Waals surface area contributed by atoms with Crippen LogP contribution in [0.25, 0.3) is 0 Å². The van der Waals surface area contributed by atoms with Gasteiger partial charge in [-0.2, -0.15) is 0 Å². The van der Waals surface area contributed by atoms with Crippen molar-refractivity contribution in [1.29, 1.82) is 0 Å². The number of thiophene rings is 1. The zero-order valence-corrected chi connectivity index (χ0v) is 13.0. The summed E-state index contributed by atoms with van der Waals surface area (Å²) in [6.07, 6.45) is 0. The van der Waals surface area contributed by atoms with Crippen molar-refractivity contribution < 1.29 is 4.79 Å². The summed E-state index contributed by atoms with van der Waals surface area (Å²) in [5, 5.41) is 8.75. The summed E-state index contributed by atoms with van der Waals surface area (Å²) in [5.41, 5.74) is 1.87. The second-order valence-electron chi connectivity index (χ2n) is 4.63. The number of nitrogens with one attached hydrogen (secondary N) is 2. The summed E-state index contributed by atoms with van der Waals surface area (Å²) in [5.74, 6) is -0.0323. The monoisotopic (exact) mass is 308 g/mol. The summed E-state index contributed by atoms with van der Waals surface area (Å²) in [7, 11) is 0. The topological polar surface area (TPSA) is 41.1 Å². The van der Waals surface area contributed by atoms with E-state index in [0.717, 1.165) is 16.1 Å². The van der Waals surface area contributed by atoms with E-state index >= 15 is 0 Å². The van der Waals surface area contributed by atoms with E-state index in [9.17, 15) is 4.79 Å². The number of amides is 1. The van der Waals surface area contributed by atoms with Crippen molar-refractivity contribution in [3.8, 4) is 0 Å². The molecule has 0 bridgehead atoms. The standard InChI is InChI=1S/C15H17ClN2OS/c1-10-5-6-12(8-14(10)16)18-11(2)15(19)17-9-13-4-3-7-20-13/h3-8,11,18H,9H2,1-2H3,(H,17,19). The fourth-order valence-corrected chi connectivity index (χ4v) is 2.56. The number of rotatable bonds is 5. The number of anilines is 1. The lowest BCUT2D eigenvalue weighted by Crippen LogP contribution is -2.37. The third kappa shape index (κ3) is 3.99. The highest BCUT2D eigenvalue weighted by Crippen LogP contribution is 2.20. The first-order valence-electron chi connectivity index (χ1n) is 6.39. The molecular formula is C15H17ClN2OS. The molecule has 1 heterocycles. The Morgan fingerprint density at radius 3 is 2.85 bits per heavy atom. The molecule has 0 saturated heterocycles. The molecule has 2 N–H and O–H groups in total. The lowest BCUT2D eigenvalue weighted by Gasteiger charge is -2.15. The van der Waals surface area contributed by atoms with Gasteiger partial charge in [-0.25, -0.2) is 0 Å². The van der Waals surface area contributed by atoms with Crippen LogP contribution in [0.15, 0.2) is 35.7 Å². The molecule has 1 unspecified atom stereocenters. The van der Waals surface area contributed by atoms with Gasteiger partial charge in [-0.15, -0.1) is 11.3 Å². The number of hydrogen-bond donors (Lipinski definition) is 2. The Balaban J connectivity index is 1.88. The van der Waals surface area contributed by atoms with Crippen molar-refractivity contribution >= 4 is 34.5 Å². The molecule has 1 atom stereocenters. The highest BCUT2D eigenvalue weighted by atomic mass is 35.5. The molecule has 5 heteroatoms. The first-order chi connectivity index (χ1) is 9.56. The quantitative estimate of drug-likeness (QED) is 0.881. The van der Waals surface area contributed by atoms with E-state index in [1.54, 1.807) is 11.3 Å². The van der Waals surface area contributed by atoms with Gasteiger partial charge < -0.3 is 10.6 Å². The van der Waals surface area contributed by atoms with Crippen molar-refractivity contribution in [2.75, 3.05) is 5.32 Å². The summed E-state index contributed by atoms with van der Waals surface area (Å²) >= 11 is 7.70. The number of hydrogen-bond acceptors (Lipinski definition) is 3. The maximum Gasteiger partial charge on any atom is 0.242 e. The molecule has 0 aliphatic heterocycles. The number of aryl methyl sites for hydroxylation is 1. The predicted molar refractivity (Wildman–Crippen MR) is 85.4 cm³/mol. The Bertz CT molecular complexity index is 584. The van der Waals surface area contributed by atoms with Gasteiger partial charge in [0.2, 0.25) is 5.91 Å². The Morgan fingerprint density at radius 1 is 1.40 bits per heavy atom. The van der Waals surface area contributed by atoms with Crippen molar-refractivity contribution in [3.05, 3.63) is 51.2 Å². The van der Waals surface area contributed by atoms with Crippen LogP contribution < -0.4 is 10.6 Å². The Hall–Kier alpha value is -1.52. The smallest absolute Gasteiger partial charge is 0.242 e. The molecule has 20 heavy (non-hydrogen) atoms. The molecule has 0 aliphatic carbocycles. The van der Waals surface area contributed by atoms with Gasteiger partial charge in [-0.1, -0.05) is 23.7 Å². The van der Waals surface area contributed by atoms with Gasteiger partial charge >= 0.3 is 0 Å². The number of benzene rings is 1. The van der Waals surface area contributed by atoms with E-state index in [0.29, 0.717) is 11.6 Å². The van der Waals surface area contributed by atoms with Crippen LogP contribution in [-0.2, 0) is 11.3 Å². The Morgan fingerprint density at radius 2 is 2.20 bits per heavy atom. The van der Waals surface area contributed by atoms with E-state index in [2.05, 4.69) is 10.6 Å². The van der Waals surface area contributed by atoms with Crippen LogP contribution in [0.1, 0.15) is 17.4 Å². The molecule has 1 aromatic carbocycles. The van der Waals surface area contributed by atoms with Gasteiger partial charge in [0.05, 0.1) is 6.54 Å². The minimum Gasteiger partial charge on any atom is -0.374 e. The summed E-state index contributed by atoms with van der Waals surface area (Å²) in [6, 6.07) is 9.35. The van der Waals surface area contributed by atoms with Crippen molar-refractivity contribution in [2.24, 2.45) is 0 Å². The lowest BCUT2D eigenvalue weighted by atomic mass is 10.2. The molecule has 0 aliphatic rings. The van der Waals surface area contributed by atoms with E-state index in [4.69, 9.17) is 11.6 Å². The van der Waals surface area contributed by atoms with E-state index in [1.807, 2.05) is 49.6 Å². The van der Waals surface area contributed by atoms with E-state index in [1.165, 1.54) is 0 Å². The summed E-state index contributed by atoms with van der Waals surface area (Å²) in [6.45, 7) is 4.35. The molecular weight excluding hydrogens is 292 g/mol. The molecule has 2 rings (SSSR count). The second-order valence-corrected chi connectivity index (χ2v) is 6.07. The average Bonchev–Trinajstić information content (AvgIpc) is 2.93. The Labute approximate surface area is 128 Å². The lowest BCUT2D eigenvalue weighted by molar-refractivity contribution is -0.121. The maximum absolute atomic E-state index is 12.0. The molecule has 1 aromatic heterocycles. The molecule has 106 valence electrons. The average molecular weight is 309 g/mol. The van der Waals surface area contributed by atoms with Gasteiger partial charge in [0.15, 0.2) is 0 Å². The summed E-state index contributed by atoms with van der Waals surface area (Å²) in [4.78, 5) is 13.1. The first-order valence-corrected chi connectivity index (χ1v) is 7.65. The fraction of sp³-hybridized carbons (Fsp3) is 0.267. The van der Waals surface area contributed by atoms with Crippen molar-refractivity contribution in [1.82, 2.24) is 5.32 Å². The van der Waals surface area contributed by atoms with Crippen LogP contribution in [0.3, 0.4) is 0 Å². The zero-order chi connectivity index (χ0) is 14.5. The second kappa shape index (κ2) is 6.77. The normalized spacial score (nSPS) is 11.9. The molecule has 0 saturated carbocycles. The molecule has 1 amide bonds. The van der Waals surface area contributed by atoms with Crippen LogP contribution >= 0.6 is 22.9 Å². The third-order valence-electron chi connectivity index (χ3n) is 2.97. The van der Waals surface area contributed by atoms with Crippen LogP contribution in [0, 0.1) is 6.92 Å². The number of halogens is 1. The highest BCUT2D eigenvalue weighted by molar-refractivity contribution is 7.09. The number of carbonyl (C=O) groups excluding carboxylic acids is 1. The van der Waals surface area contributed by atoms with Crippen molar-refractivity contribution in [3.63, 3.8) is 0 Å². The SMILES string of the molecule is Cc1ccc(NC(C)C(=O)NCc2cccs2)cc1Cl. The first kappa shape index (κ1) is 14.9. The number of carbonyl (C=O) groups is 1. The van der Waals surface area contributed by atoms with E-state index in [-0.39, 0.29) is 11.9 Å². The Kier molecular flexibility index (Phi) is 5.04. The highest BCUT2D eigenvalue weighted by Gasteiger charge is 2.12. The largest absolute Gasteiger partial charge is 0.374 e. The predicted octanol–water partition coefficient (Wildman–Crippen LogP) is 3.83. The van der Waals surface area contributed by atoms with Gasteiger partial charge in [-0.05, 0) is 43.0 Å². The molecule has 0 radical (unpaired) electrons. The van der Waals surface area contributed by atoms with Crippen LogP contribution in [0.4, 0.5) is 5.69 Å².